The van der Waals surface area contributed by atoms with Crippen LogP contribution in [0.1, 0.15) is 26.0 Å². The second-order valence-corrected chi connectivity index (χ2v) is 6.87. The number of ether oxygens (including phenoxy) is 1. The van der Waals surface area contributed by atoms with Gasteiger partial charge in [0.25, 0.3) is 0 Å². The standard InChI is InChI=1S/C15H24N4OS/c1-11(2)18-5-4-12(10-18)8-16-9-13-14(20-3)17-15-19(13)6-7-21-15/h6-7,11-12,16H,4-5,8-10H2,1-3H3. The first-order valence-electron chi connectivity index (χ1n) is 7.62. The molecule has 0 amide bonds. The van der Waals surface area contributed by atoms with Crippen molar-refractivity contribution in [1.29, 1.82) is 0 Å². The smallest absolute Gasteiger partial charge is 0.237 e. The molecule has 5 nitrogen and oxygen atoms in total. The van der Waals surface area contributed by atoms with Crippen molar-refractivity contribution in [3.63, 3.8) is 0 Å². The molecule has 2 aromatic heterocycles. The highest BCUT2D eigenvalue weighted by Crippen LogP contribution is 2.23. The van der Waals surface area contributed by atoms with E-state index in [0.717, 1.165) is 35.5 Å². The Morgan fingerprint density at radius 1 is 1.52 bits per heavy atom. The van der Waals surface area contributed by atoms with E-state index in [1.165, 1.54) is 19.5 Å². The zero-order valence-electron chi connectivity index (χ0n) is 13.0. The molecule has 1 fully saturated rings. The van der Waals surface area contributed by atoms with Crippen molar-refractivity contribution < 1.29 is 4.74 Å². The molecule has 116 valence electrons. The quantitative estimate of drug-likeness (QED) is 0.888. The van der Waals surface area contributed by atoms with E-state index in [2.05, 4.69) is 45.0 Å². The van der Waals surface area contributed by atoms with Gasteiger partial charge < -0.3 is 15.0 Å². The third-order valence-corrected chi connectivity index (χ3v) is 5.05. The van der Waals surface area contributed by atoms with Crippen LogP contribution in [0.15, 0.2) is 11.6 Å². The topological polar surface area (TPSA) is 41.8 Å². The Labute approximate surface area is 129 Å². The van der Waals surface area contributed by atoms with E-state index < -0.39 is 0 Å². The average Bonchev–Trinajstić information content (AvgIpc) is 3.14. The molecular formula is C15H24N4OS. The highest BCUT2D eigenvalue weighted by Gasteiger charge is 2.24. The second kappa shape index (κ2) is 6.34. The molecule has 1 unspecified atom stereocenters. The Morgan fingerprint density at radius 3 is 3.10 bits per heavy atom. The van der Waals surface area contributed by atoms with E-state index in [1.54, 1.807) is 18.4 Å². The highest BCUT2D eigenvalue weighted by molar-refractivity contribution is 7.15. The molecule has 3 rings (SSSR count). The van der Waals surface area contributed by atoms with Crippen LogP contribution in [0.25, 0.3) is 4.96 Å². The summed E-state index contributed by atoms with van der Waals surface area (Å²) in [5.41, 5.74) is 1.12. The molecular weight excluding hydrogens is 284 g/mol. The Kier molecular flexibility index (Phi) is 4.47. The van der Waals surface area contributed by atoms with Crippen molar-refractivity contribution in [2.75, 3.05) is 26.7 Å². The summed E-state index contributed by atoms with van der Waals surface area (Å²) in [4.78, 5) is 8.04. The van der Waals surface area contributed by atoms with Crippen molar-refractivity contribution in [3.05, 3.63) is 17.3 Å². The number of aromatic nitrogens is 2. The van der Waals surface area contributed by atoms with Crippen LogP contribution in [0, 0.1) is 5.92 Å². The summed E-state index contributed by atoms with van der Waals surface area (Å²) in [5.74, 6) is 1.49. The number of hydrogen-bond acceptors (Lipinski definition) is 5. The second-order valence-electron chi connectivity index (χ2n) is 6.00. The highest BCUT2D eigenvalue weighted by atomic mass is 32.1. The number of methoxy groups -OCH3 is 1. The van der Waals surface area contributed by atoms with Gasteiger partial charge in [0, 0.05) is 30.7 Å². The summed E-state index contributed by atoms with van der Waals surface area (Å²) in [7, 11) is 1.69. The average molecular weight is 308 g/mol. The molecule has 1 atom stereocenters. The van der Waals surface area contributed by atoms with Gasteiger partial charge in [0.15, 0.2) is 4.96 Å². The first-order valence-corrected chi connectivity index (χ1v) is 8.50. The van der Waals surface area contributed by atoms with Crippen LogP contribution in [-0.2, 0) is 6.54 Å². The Balaban J connectivity index is 1.56. The molecule has 0 spiro atoms. The van der Waals surface area contributed by atoms with Crippen LogP contribution >= 0.6 is 11.3 Å². The monoisotopic (exact) mass is 308 g/mol. The summed E-state index contributed by atoms with van der Waals surface area (Å²) in [6, 6.07) is 0.662. The van der Waals surface area contributed by atoms with E-state index in [1.807, 2.05) is 0 Å². The zero-order valence-corrected chi connectivity index (χ0v) is 13.8. The maximum absolute atomic E-state index is 5.39. The SMILES string of the molecule is COc1nc2sccn2c1CNCC1CCN(C(C)C)C1. The van der Waals surface area contributed by atoms with Gasteiger partial charge >= 0.3 is 0 Å². The van der Waals surface area contributed by atoms with Gasteiger partial charge in [0.1, 0.15) is 5.69 Å². The summed E-state index contributed by atoms with van der Waals surface area (Å²) < 4.78 is 7.50. The van der Waals surface area contributed by atoms with Crippen LogP contribution in [0.3, 0.4) is 0 Å². The Hall–Kier alpha value is -1.11. The minimum Gasteiger partial charge on any atom is -0.480 e. The number of fused-ring (bicyclic) bond motifs is 1. The summed E-state index contributed by atoms with van der Waals surface area (Å²) in [6.45, 7) is 8.86. The molecule has 0 aromatic carbocycles. The predicted octanol–water partition coefficient (Wildman–Crippen LogP) is 2.22. The maximum atomic E-state index is 5.39. The van der Waals surface area contributed by atoms with Gasteiger partial charge in [-0.2, -0.15) is 4.98 Å². The maximum Gasteiger partial charge on any atom is 0.237 e. The summed E-state index contributed by atoms with van der Waals surface area (Å²) >= 11 is 1.64. The minimum atomic E-state index is 0.662. The van der Waals surface area contributed by atoms with Crippen molar-refractivity contribution in [1.82, 2.24) is 19.6 Å². The molecule has 2 aromatic rings. The van der Waals surface area contributed by atoms with Crippen LogP contribution in [-0.4, -0.2) is 47.1 Å². The van der Waals surface area contributed by atoms with Gasteiger partial charge in [0.05, 0.1) is 7.11 Å². The summed E-state index contributed by atoms with van der Waals surface area (Å²) in [5, 5.41) is 5.64. The molecule has 0 radical (unpaired) electrons. The van der Waals surface area contributed by atoms with Crippen molar-refractivity contribution >= 4 is 16.3 Å². The molecule has 1 saturated heterocycles. The van der Waals surface area contributed by atoms with Crippen LogP contribution < -0.4 is 10.1 Å². The molecule has 0 aliphatic carbocycles. The Bertz CT molecular complexity index is 592. The lowest BCUT2D eigenvalue weighted by Crippen LogP contribution is -2.30. The molecule has 6 heteroatoms. The lowest BCUT2D eigenvalue weighted by atomic mass is 10.1. The van der Waals surface area contributed by atoms with Crippen LogP contribution in [0.5, 0.6) is 5.88 Å². The van der Waals surface area contributed by atoms with E-state index in [9.17, 15) is 0 Å². The molecule has 3 heterocycles. The molecule has 1 aliphatic rings. The van der Waals surface area contributed by atoms with Crippen molar-refractivity contribution in [2.24, 2.45) is 5.92 Å². The third-order valence-electron chi connectivity index (χ3n) is 4.29. The molecule has 0 bridgehead atoms. The van der Waals surface area contributed by atoms with Crippen molar-refractivity contribution in [3.8, 4) is 5.88 Å². The number of rotatable bonds is 6. The number of imidazole rings is 1. The van der Waals surface area contributed by atoms with Gasteiger partial charge in [-0.25, -0.2) is 0 Å². The lowest BCUT2D eigenvalue weighted by molar-refractivity contribution is 0.264. The van der Waals surface area contributed by atoms with Gasteiger partial charge in [-0.1, -0.05) is 0 Å². The molecule has 0 saturated carbocycles. The number of nitrogens with one attached hydrogen (secondary N) is 1. The Morgan fingerprint density at radius 2 is 2.38 bits per heavy atom. The van der Waals surface area contributed by atoms with E-state index in [0.29, 0.717) is 6.04 Å². The number of hydrogen-bond donors (Lipinski definition) is 1. The fourth-order valence-corrected chi connectivity index (χ4v) is 3.75. The first-order chi connectivity index (χ1) is 10.2. The van der Waals surface area contributed by atoms with E-state index >= 15 is 0 Å². The fourth-order valence-electron chi connectivity index (χ4n) is 3.03. The van der Waals surface area contributed by atoms with Gasteiger partial charge in [-0.05, 0) is 39.3 Å². The first kappa shape index (κ1) is 14.8. The van der Waals surface area contributed by atoms with E-state index in [4.69, 9.17) is 4.74 Å². The fraction of sp³-hybridized carbons (Fsp3) is 0.667. The third kappa shape index (κ3) is 3.07. The van der Waals surface area contributed by atoms with Crippen LogP contribution in [0.2, 0.25) is 0 Å². The largest absolute Gasteiger partial charge is 0.480 e. The zero-order chi connectivity index (χ0) is 14.8. The predicted molar refractivity (Wildman–Crippen MR) is 86.1 cm³/mol. The number of thiazole rings is 1. The van der Waals surface area contributed by atoms with E-state index in [-0.39, 0.29) is 0 Å². The lowest BCUT2D eigenvalue weighted by Gasteiger charge is -2.20. The number of nitrogens with zero attached hydrogens (tertiary/aromatic N) is 3. The molecule has 21 heavy (non-hydrogen) atoms. The molecule has 1 N–H and O–H groups in total. The van der Waals surface area contributed by atoms with Crippen molar-refractivity contribution in [2.45, 2.75) is 32.9 Å². The summed E-state index contributed by atoms with van der Waals surface area (Å²) in [6.07, 6.45) is 3.35. The normalized spacial score (nSPS) is 19.9. The number of likely N-dealkylation sites (tertiary alicyclic amines) is 1. The van der Waals surface area contributed by atoms with Gasteiger partial charge in [0.2, 0.25) is 5.88 Å². The van der Waals surface area contributed by atoms with Gasteiger partial charge in [-0.3, -0.25) is 4.40 Å². The van der Waals surface area contributed by atoms with Crippen LogP contribution in [0.4, 0.5) is 0 Å². The molecule has 1 aliphatic heterocycles. The minimum absolute atomic E-state index is 0.662. The van der Waals surface area contributed by atoms with Gasteiger partial charge in [-0.15, -0.1) is 11.3 Å².